The maximum Gasteiger partial charge on any atom is 0.256 e. The SMILES string of the molecule is N#CC(=C1NC(=O)c2ccccc21)c1nc2ccccc2[nH]1. The standard InChI is InChI=1S/C17H10N4O/c18-9-12(16-19-13-7-3-4-8-14(13)20-16)15-10-5-1-2-6-11(10)17(22)21-15/h1-8H,(H,19,20)(H,21,22). The number of amides is 1. The van der Waals surface area contributed by atoms with Crippen LogP contribution in [0.1, 0.15) is 21.7 Å². The van der Waals surface area contributed by atoms with Gasteiger partial charge in [0, 0.05) is 11.1 Å². The number of para-hydroxylation sites is 2. The van der Waals surface area contributed by atoms with Crippen LogP contribution in [-0.2, 0) is 0 Å². The number of aromatic nitrogens is 2. The minimum absolute atomic E-state index is 0.200. The summed E-state index contributed by atoms with van der Waals surface area (Å²) in [6.45, 7) is 0. The summed E-state index contributed by atoms with van der Waals surface area (Å²) in [5.41, 5.74) is 3.76. The van der Waals surface area contributed by atoms with Gasteiger partial charge in [-0.25, -0.2) is 4.98 Å². The van der Waals surface area contributed by atoms with Crippen LogP contribution in [0.25, 0.3) is 22.3 Å². The average molecular weight is 286 g/mol. The zero-order valence-electron chi connectivity index (χ0n) is 11.4. The van der Waals surface area contributed by atoms with Crippen molar-refractivity contribution in [2.75, 3.05) is 0 Å². The number of nitrogens with one attached hydrogen (secondary N) is 2. The number of hydrogen-bond acceptors (Lipinski definition) is 3. The highest BCUT2D eigenvalue weighted by atomic mass is 16.1. The highest BCUT2D eigenvalue weighted by Crippen LogP contribution is 2.30. The lowest BCUT2D eigenvalue weighted by Gasteiger charge is -2.02. The average Bonchev–Trinajstić information content (AvgIpc) is 3.11. The van der Waals surface area contributed by atoms with Gasteiger partial charge in [0.1, 0.15) is 11.6 Å². The monoisotopic (exact) mass is 286 g/mol. The minimum atomic E-state index is -0.200. The molecular weight excluding hydrogens is 276 g/mol. The van der Waals surface area contributed by atoms with E-state index in [2.05, 4.69) is 21.4 Å². The summed E-state index contributed by atoms with van der Waals surface area (Å²) in [5.74, 6) is 0.255. The molecule has 1 aliphatic heterocycles. The van der Waals surface area contributed by atoms with E-state index in [4.69, 9.17) is 0 Å². The molecule has 104 valence electrons. The maximum absolute atomic E-state index is 12.0. The van der Waals surface area contributed by atoms with Gasteiger partial charge in [-0.1, -0.05) is 30.3 Å². The van der Waals surface area contributed by atoms with Gasteiger partial charge >= 0.3 is 0 Å². The lowest BCUT2D eigenvalue weighted by atomic mass is 10.0. The zero-order valence-corrected chi connectivity index (χ0v) is 11.4. The molecule has 0 atom stereocenters. The molecule has 0 aliphatic carbocycles. The highest BCUT2D eigenvalue weighted by Gasteiger charge is 2.27. The highest BCUT2D eigenvalue weighted by molar-refractivity contribution is 6.15. The quantitative estimate of drug-likeness (QED) is 0.675. The van der Waals surface area contributed by atoms with Gasteiger partial charge in [-0.3, -0.25) is 4.79 Å². The Bertz CT molecular complexity index is 958. The molecule has 0 radical (unpaired) electrons. The van der Waals surface area contributed by atoms with Gasteiger partial charge in [0.2, 0.25) is 0 Å². The molecule has 2 aromatic carbocycles. The Labute approximate surface area is 125 Å². The van der Waals surface area contributed by atoms with E-state index < -0.39 is 0 Å². The summed E-state index contributed by atoms with van der Waals surface area (Å²) in [6, 6.07) is 16.9. The van der Waals surface area contributed by atoms with E-state index in [1.165, 1.54) is 0 Å². The first-order valence-electron chi connectivity index (χ1n) is 6.78. The number of fused-ring (bicyclic) bond motifs is 2. The van der Waals surface area contributed by atoms with Crippen LogP contribution in [0.5, 0.6) is 0 Å². The third kappa shape index (κ3) is 1.71. The molecule has 0 fully saturated rings. The number of carbonyl (C=O) groups excluding carboxylic acids is 1. The van der Waals surface area contributed by atoms with Gasteiger partial charge in [-0.15, -0.1) is 0 Å². The Hall–Kier alpha value is -3.39. The van der Waals surface area contributed by atoms with Crippen LogP contribution in [0.3, 0.4) is 0 Å². The number of hydrogen-bond donors (Lipinski definition) is 2. The molecule has 0 saturated heterocycles. The molecule has 0 unspecified atom stereocenters. The zero-order chi connectivity index (χ0) is 15.1. The lowest BCUT2D eigenvalue weighted by molar-refractivity contribution is 0.0981. The summed E-state index contributed by atoms with van der Waals surface area (Å²) in [6.07, 6.45) is 0. The molecule has 0 saturated carbocycles. The van der Waals surface area contributed by atoms with Crippen molar-refractivity contribution in [1.82, 2.24) is 15.3 Å². The van der Waals surface area contributed by atoms with E-state index in [1.54, 1.807) is 12.1 Å². The van der Waals surface area contributed by atoms with Gasteiger partial charge < -0.3 is 10.3 Å². The summed E-state index contributed by atoms with van der Waals surface area (Å²) in [7, 11) is 0. The molecule has 1 amide bonds. The fraction of sp³-hybridized carbons (Fsp3) is 0. The van der Waals surface area contributed by atoms with E-state index in [0.29, 0.717) is 22.7 Å². The normalized spacial score (nSPS) is 15.3. The van der Waals surface area contributed by atoms with Crippen LogP contribution < -0.4 is 5.32 Å². The maximum atomic E-state index is 12.0. The van der Waals surface area contributed by atoms with E-state index in [-0.39, 0.29) is 5.91 Å². The fourth-order valence-corrected chi connectivity index (χ4v) is 2.64. The van der Waals surface area contributed by atoms with Crippen LogP contribution in [0.15, 0.2) is 48.5 Å². The molecule has 1 aliphatic rings. The predicted octanol–water partition coefficient (Wildman–Crippen LogP) is 2.70. The van der Waals surface area contributed by atoms with E-state index in [0.717, 1.165) is 16.6 Å². The second-order valence-corrected chi connectivity index (χ2v) is 4.96. The van der Waals surface area contributed by atoms with Gasteiger partial charge in [-0.2, -0.15) is 5.26 Å². The molecule has 5 nitrogen and oxygen atoms in total. The Morgan fingerprint density at radius 1 is 1.05 bits per heavy atom. The molecular formula is C17H10N4O. The van der Waals surface area contributed by atoms with Crippen LogP contribution >= 0.6 is 0 Å². The smallest absolute Gasteiger partial charge is 0.256 e. The summed E-state index contributed by atoms with van der Waals surface area (Å²) in [5, 5.41) is 12.3. The van der Waals surface area contributed by atoms with Crippen LogP contribution in [0.4, 0.5) is 0 Å². The number of aromatic amines is 1. The number of imidazole rings is 1. The Kier molecular flexibility index (Phi) is 2.57. The molecule has 5 heteroatoms. The second kappa shape index (κ2) is 4.57. The topological polar surface area (TPSA) is 81.6 Å². The molecule has 2 heterocycles. The first-order chi connectivity index (χ1) is 10.8. The Morgan fingerprint density at radius 3 is 2.55 bits per heavy atom. The number of H-pyrrole nitrogens is 1. The van der Waals surface area contributed by atoms with Gasteiger partial charge in [-0.05, 0) is 18.2 Å². The van der Waals surface area contributed by atoms with E-state index in [9.17, 15) is 10.1 Å². The third-order valence-electron chi connectivity index (χ3n) is 3.67. The van der Waals surface area contributed by atoms with Gasteiger partial charge in [0.25, 0.3) is 5.91 Å². The van der Waals surface area contributed by atoms with Crippen molar-refractivity contribution in [2.45, 2.75) is 0 Å². The summed E-state index contributed by atoms with van der Waals surface area (Å²) < 4.78 is 0. The van der Waals surface area contributed by atoms with Crippen molar-refractivity contribution in [2.24, 2.45) is 0 Å². The molecule has 22 heavy (non-hydrogen) atoms. The van der Waals surface area contributed by atoms with E-state index >= 15 is 0 Å². The van der Waals surface area contributed by atoms with Crippen LogP contribution in [-0.4, -0.2) is 15.9 Å². The van der Waals surface area contributed by atoms with Crippen molar-refractivity contribution in [3.63, 3.8) is 0 Å². The summed E-state index contributed by atoms with van der Waals surface area (Å²) >= 11 is 0. The number of benzene rings is 2. The van der Waals surface area contributed by atoms with Crippen LogP contribution in [0.2, 0.25) is 0 Å². The Balaban J connectivity index is 1.96. The lowest BCUT2D eigenvalue weighted by Crippen LogP contribution is -2.13. The number of allylic oxidation sites excluding steroid dienone is 1. The van der Waals surface area contributed by atoms with Crippen molar-refractivity contribution in [3.8, 4) is 6.07 Å². The number of rotatable bonds is 1. The largest absolute Gasteiger partial charge is 0.337 e. The van der Waals surface area contributed by atoms with Crippen LogP contribution in [0, 0.1) is 11.3 Å². The Morgan fingerprint density at radius 2 is 1.77 bits per heavy atom. The van der Waals surface area contributed by atoms with Gasteiger partial charge in [0.15, 0.2) is 5.82 Å². The first-order valence-corrected chi connectivity index (χ1v) is 6.78. The molecule has 2 N–H and O–H groups in total. The molecule has 0 bridgehead atoms. The van der Waals surface area contributed by atoms with Crippen molar-refractivity contribution >= 4 is 28.2 Å². The number of nitrogens with zero attached hydrogens (tertiary/aromatic N) is 2. The molecule has 0 spiro atoms. The number of carbonyl (C=O) groups is 1. The minimum Gasteiger partial charge on any atom is -0.337 e. The predicted molar refractivity (Wildman–Crippen MR) is 82.4 cm³/mol. The third-order valence-corrected chi connectivity index (χ3v) is 3.67. The summed E-state index contributed by atoms with van der Waals surface area (Å²) in [4.78, 5) is 19.6. The first kappa shape index (κ1) is 12.4. The fourth-order valence-electron chi connectivity index (χ4n) is 2.64. The van der Waals surface area contributed by atoms with Crippen molar-refractivity contribution in [3.05, 3.63) is 65.5 Å². The molecule has 4 rings (SSSR count). The van der Waals surface area contributed by atoms with Crippen molar-refractivity contribution < 1.29 is 4.79 Å². The van der Waals surface area contributed by atoms with Crippen molar-refractivity contribution in [1.29, 1.82) is 5.26 Å². The molecule has 1 aromatic heterocycles. The second-order valence-electron chi connectivity index (χ2n) is 4.96. The molecule has 3 aromatic rings. The van der Waals surface area contributed by atoms with E-state index in [1.807, 2.05) is 36.4 Å². The van der Waals surface area contributed by atoms with Gasteiger partial charge in [0.05, 0.1) is 16.7 Å². The number of nitriles is 1.